The molecule has 19 heavy (non-hydrogen) atoms. The first kappa shape index (κ1) is 13.0. The fourth-order valence-electron chi connectivity index (χ4n) is 2.09. The first-order valence-electron chi connectivity index (χ1n) is 5.93. The van der Waals surface area contributed by atoms with Crippen LogP contribution in [-0.2, 0) is 6.42 Å². The van der Waals surface area contributed by atoms with Gasteiger partial charge in [-0.15, -0.1) is 11.3 Å². The maximum atomic E-state index is 13.8. The van der Waals surface area contributed by atoms with Gasteiger partial charge >= 0.3 is 0 Å². The van der Waals surface area contributed by atoms with Gasteiger partial charge < -0.3 is 5.73 Å². The summed E-state index contributed by atoms with van der Waals surface area (Å²) in [6, 6.07) is 2.18. The van der Waals surface area contributed by atoms with E-state index in [9.17, 15) is 8.78 Å². The van der Waals surface area contributed by atoms with Gasteiger partial charge in [-0.1, -0.05) is 15.9 Å². The number of thiazole rings is 1. The van der Waals surface area contributed by atoms with Crippen LogP contribution in [0.15, 0.2) is 16.6 Å². The number of aromatic nitrogens is 1. The highest BCUT2D eigenvalue weighted by Gasteiger charge is 2.29. The average Bonchev–Trinajstić information content (AvgIpc) is 3.08. The highest BCUT2D eigenvalue weighted by molar-refractivity contribution is 9.10. The van der Waals surface area contributed by atoms with Crippen molar-refractivity contribution in [3.63, 3.8) is 0 Å². The lowest BCUT2D eigenvalue weighted by Crippen LogP contribution is -1.97. The Balaban J connectivity index is 1.97. The molecule has 1 aliphatic rings. The second kappa shape index (κ2) is 4.83. The zero-order valence-electron chi connectivity index (χ0n) is 9.92. The quantitative estimate of drug-likeness (QED) is 0.904. The summed E-state index contributed by atoms with van der Waals surface area (Å²) in [5.41, 5.74) is 7.18. The van der Waals surface area contributed by atoms with E-state index in [2.05, 4.69) is 20.9 Å². The highest BCUT2D eigenvalue weighted by Crippen LogP contribution is 2.44. The Kier molecular flexibility index (Phi) is 3.30. The van der Waals surface area contributed by atoms with Crippen LogP contribution in [0.2, 0.25) is 0 Å². The van der Waals surface area contributed by atoms with Gasteiger partial charge in [-0.3, -0.25) is 0 Å². The molecule has 3 rings (SSSR count). The zero-order valence-corrected chi connectivity index (χ0v) is 12.3. The molecule has 1 fully saturated rings. The van der Waals surface area contributed by atoms with Crippen LogP contribution in [0.5, 0.6) is 0 Å². The number of nitrogens with zero attached hydrogens (tertiary/aromatic N) is 1. The van der Waals surface area contributed by atoms with Crippen LogP contribution in [-0.4, -0.2) is 4.98 Å². The van der Waals surface area contributed by atoms with E-state index in [0.717, 1.165) is 29.5 Å². The van der Waals surface area contributed by atoms with Crippen LogP contribution in [0.25, 0.3) is 0 Å². The highest BCUT2D eigenvalue weighted by atomic mass is 79.9. The molecule has 1 aromatic carbocycles. The summed E-state index contributed by atoms with van der Waals surface area (Å²) in [7, 11) is 0. The molecule has 2 N–H and O–H groups in total. The minimum atomic E-state index is -0.584. The Hall–Kier alpha value is -1.01. The van der Waals surface area contributed by atoms with Gasteiger partial charge in [0.1, 0.15) is 11.6 Å². The summed E-state index contributed by atoms with van der Waals surface area (Å²) in [5.74, 6) is -0.661. The third-order valence-electron chi connectivity index (χ3n) is 3.15. The van der Waals surface area contributed by atoms with E-state index in [-0.39, 0.29) is 0 Å². The van der Waals surface area contributed by atoms with Crippen LogP contribution in [0.4, 0.5) is 13.9 Å². The Bertz CT molecular complexity index is 615. The Morgan fingerprint density at radius 3 is 2.74 bits per heavy atom. The lowest BCUT2D eigenvalue weighted by molar-refractivity contribution is 0.573. The van der Waals surface area contributed by atoms with Crippen molar-refractivity contribution in [1.29, 1.82) is 0 Å². The van der Waals surface area contributed by atoms with Gasteiger partial charge in [0.2, 0.25) is 0 Å². The topological polar surface area (TPSA) is 38.9 Å². The van der Waals surface area contributed by atoms with Crippen molar-refractivity contribution in [1.82, 2.24) is 4.98 Å². The van der Waals surface area contributed by atoms with E-state index in [1.807, 2.05) is 0 Å². The largest absolute Gasteiger partial charge is 0.375 e. The molecule has 1 heterocycles. The summed E-state index contributed by atoms with van der Waals surface area (Å²) in [4.78, 5) is 5.31. The molecule has 0 aliphatic heterocycles. The van der Waals surface area contributed by atoms with Crippen LogP contribution in [0.1, 0.15) is 34.9 Å². The van der Waals surface area contributed by atoms with Crippen molar-refractivity contribution >= 4 is 32.4 Å². The number of anilines is 1. The molecule has 0 saturated heterocycles. The number of benzene rings is 1. The van der Waals surface area contributed by atoms with E-state index in [0.29, 0.717) is 27.5 Å². The van der Waals surface area contributed by atoms with Gasteiger partial charge in [0.25, 0.3) is 0 Å². The third kappa shape index (κ3) is 2.65. The molecule has 0 bridgehead atoms. The Morgan fingerprint density at radius 1 is 1.37 bits per heavy atom. The van der Waals surface area contributed by atoms with Crippen molar-refractivity contribution in [2.24, 2.45) is 0 Å². The summed E-state index contributed by atoms with van der Waals surface area (Å²) < 4.78 is 27.3. The first-order valence-corrected chi connectivity index (χ1v) is 7.54. The molecule has 0 spiro atoms. The van der Waals surface area contributed by atoms with Gasteiger partial charge in [-0.25, -0.2) is 13.8 Å². The maximum Gasteiger partial charge on any atom is 0.180 e. The van der Waals surface area contributed by atoms with Crippen molar-refractivity contribution < 1.29 is 8.78 Å². The van der Waals surface area contributed by atoms with Gasteiger partial charge in [0, 0.05) is 33.3 Å². The molecule has 1 aliphatic carbocycles. The molecule has 0 unspecified atom stereocenters. The molecule has 100 valence electrons. The van der Waals surface area contributed by atoms with Crippen molar-refractivity contribution in [2.75, 3.05) is 5.73 Å². The smallest absolute Gasteiger partial charge is 0.180 e. The van der Waals surface area contributed by atoms with E-state index < -0.39 is 11.6 Å². The minimum absolute atomic E-state index is 0.396. The monoisotopic (exact) mass is 344 g/mol. The zero-order chi connectivity index (χ0) is 13.6. The summed E-state index contributed by atoms with van der Waals surface area (Å²) >= 11 is 4.60. The summed E-state index contributed by atoms with van der Waals surface area (Å²) in [6.07, 6.45) is 2.62. The number of halogens is 3. The maximum absolute atomic E-state index is 13.8. The fraction of sp³-hybridized carbons (Fsp3) is 0.308. The molecule has 1 saturated carbocycles. The van der Waals surface area contributed by atoms with Crippen molar-refractivity contribution in [2.45, 2.75) is 25.2 Å². The normalized spacial score (nSPS) is 14.9. The molecule has 1 aromatic heterocycles. The van der Waals surface area contributed by atoms with Gasteiger partial charge in [-0.05, 0) is 18.9 Å². The van der Waals surface area contributed by atoms with Crippen molar-refractivity contribution in [3.8, 4) is 0 Å². The van der Waals surface area contributed by atoms with Crippen LogP contribution in [0.3, 0.4) is 0 Å². The van der Waals surface area contributed by atoms with Gasteiger partial charge in [0.15, 0.2) is 5.13 Å². The number of nitrogen functional groups attached to an aromatic ring is 1. The van der Waals surface area contributed by atoms with Crippen LogP contribution < -0.4 is 5.73 Å². The molecule has 0 amide bonds. The predicted molar refractivity (Wildman–Crippen MR) is 75.4 cm³/mol. The standard InChI is InChI=1S/C13H11BrF2N2S/c14-9-3-7(15)4-10(16)8(9)5-11-12(6-1-2-6)18-13(17)19-11/h3-4,6H,1-2,5H2,(H2,17,18). The number of nitrogens with two attached hydrogens (primary N) is 1. The summed E-state index contributed by atoms with van der Waals surface area (Å²) in [6.45, 7) is 0. The second-order valence-electron chi connectivity index (χ2n) is 4.66. The average molecular weight is 345 g/mol. The lowest BCUT2D eigenvalue weighted by Gasteiger charge is -2.06. The number of rotatable bonds is 3. The molecule has 2 aromatic rings. The first-order chi connectivity index (χ1) is 9.04. The minimum Gasteiger partial charge on any atom is -0.375 e. The Labute approximate surface area is 121 Å². The number of hydrogen-bond acceptors (Lipinski definition) is 3. The van der Waals surface area contributed by atoms with E-state index in [1.165, 1.54) is 17.4 Å². The predicted octanol–water partition coefficient (Wildman–Crippen LogP) is 4.23. The van der Waals surface area contributed by atoms with Crippen molar-refractivity contribution in [3.05, 3.63) is 44.4 Å². The molecular formula is C13H11BrF2N2S. The fourth-order valence-corrected chi connectivity index (χ4v) is 3.56. The molecule has 0 atom stereocenters. The van der Waals surface area contributed by atoms with E-state index in [4.69, 9.17) is 5.73 Å². The van der Waals surface area contributed by atoms with Gasteiger partial charge in [-0.2, -0.15) is 0 Å². The molecule has 2 nitrogen and oxygen atoms in total. The van der Waals surface area contributed by atoms with Gasteiger partial charge in [0.05, 0.1) is 5.69 Å². The molecule has 6 heteroatoms. The SMILES string of the molecule is Nc1nc(C2CC2)c(Cc2c(F)cc(F)cc2Br)s1. The lowest BCUT2D eigenvalue weighted by atomic mass is 10.1. The van der Waals surface area contributed by atoms with E-state index >= 15 is 0 Å². The number of hydrogen-bond donors (Lipinski definition) is 1. The second-order valence-corrected chi connectivity index (χ2v) is 6.63. The summed E-state index contributed by atoms with van der Waals surface area (Å²) in [5, 5.41) is 0.510. The Morgan fingerprint density at radius 2 is 2.11 bits per heavy atom. The molecule has 0 radical (unpaired) electrons. The van der Waals surface area contributed by atoms with E-state index in [1.54, 1.807) is 0 Å². The van der Waals surface area contributed by atoms with Crippen LogP contribution >= 0.6 is 27.3 Å². The molecular weight excluding hydrogens is 334 g/mol. The van der Waals surface area contributed by atoms with Crippen LogP contribution in [0, 0.1) is 11.6 Å². The third-order valence-corrected chi connectivity index (χ3v) is 4.76.